The van der Waals surface area contributed by atoms with Crippen LogP contribution in [0.2, 0.25) is 0 Å². The topological polar surface area (TPSA) is 219 Å². The van der Waals surface area contributed by atoms with Gasteiger partial charge in [-0.2, -0.15) is 34.5 Å². The smallest absolute Gasteiger partial charge is 0.706 e. The zero-order valence-corrected chi connectivity index (χ0v) is 68.8. The molecule has 1 aliphatic heterocycles. The maximum Gasteiger partial charge on any atom is 2.00 e. The third kappa shape index (κ3) is 21.3. The van der Waals surface area contributed by atoms with Crippen LogP contribution in [0.15, 0.2) is 146 Å². The maximum atomic E-state index is 11.9. The van der Waals surface area contributed by atoms with Crippen LogP contribution in [0.1, 0.15) is 251 Å². The van der Waals surface area contributed by atoms with E-state index in [1.807, 2.05) is 130 Å². The molecule has 0 radical (unpaired) electrons. The number of hydrogen-bond donors (Lipinski definition) is 1. The average molecular weight is 1600 g/mol. The second kappa shape index (κ2) is 37.9. The number of carbonyl (C=O) groups is 2. The first-order valence-electron chi connectivity index (χ1n) is 37.8. The van der Waals surface area contributed by atoms with Gasteiger partial charge in [-0.3, -0.25) is 13.9 Å². The molecule has 0 spiro atoms. The molecule has 1 saturated heterocycles. The number of methoxy groups -OCH3 is 2. The van der Waals surface area contributed by atoms with E-state index in [0.717, 1.165) is 68.6 Å². The molecule has 108 heavy (non-hydrogen) atoms. The van der Waals surface area contributed by atoms with E-state index in [4.69, 9.17) is 29.1 Å². The number of pyridine rings is 2. The molecule has 4 aliphatic carbocycles. The van der Waals surface area contributed by atoms with Gasteiger partial charge in [-0.1, -0.05) is 129 Å². The summed E-state index contributed by atoms with van der Waals surface area (Å²) in [5.74, 6) is 2.06. The van der Waals surface area contributed by atoms with Crippen LogP contribution >= 0.6 is 7.92 Å². The second-order valence-corrected chi connectivity index (χ2v) is 35.5. The molecule has 0 atom stereocenters. The fourth-order valence-corrected chi connectivity index (χ4v) is 19.2. The Morgan fingerprint density at radius 3 is 1.54 bits per heavy atom. The Hall–Kier alpha value is -7.59. The van der Waals surface area contributed by atoms with Gasteiger partial charge in [-0.25, -0.2) is 18.6 Å². The van der Waals surface area contributed by atoms with Crippen molar-refractivity contribution >= 4 is 64.6 Å². The quantitative estimate of drug-likeness (QED) is 0.0352. The van der Waals surface area contributed by atoms with Crippen molar-refractivity contribution in [1.82, 2.24) is 38.8 Å². The SMILES string of the molecule is C.CC(C)c1cc(C(C)C)c(-c2ccccc2[PH+](C2CCCCC2)C2CCCCC2)c(C(C)C)c1.COC(=O)c1cnn2c(C3CC3)c(-c3cnn(C)c3)ccc12.COC(=O)c1cnn2c(C3CC3)c(C)ccc12.CS(=O)(=O)O.Cn1cc(B2OC(C)(C)C(C)(C)O2)cn1.[NH-]c1ccccc1-c1[c-]cccc1.[Pd+2]. The minimum atomic E-state index is -3.67. The molecule has 15 rings (SSSR count). The van der Waals surface area contributed by atoms with E-state index in [-0.39, 0.29) is 58.1 Å². The molecule has 2 N–H and O–H groups in total. The molecule has 0 bridgehead atoms. The summed E-state index contributed by atoms with van der Waals surface area (Å²) >= 11 is 0. The van der Waals surface area contributed by atoms with Crippen molar-refractivity contribution < 1.29 is 61.8 Å². The van der Waals surface area contributed by atoms with Crippen molar-refractivity contribution in [2.24, 2.45) is 14.1 Å². The number of fused-ring (bicyclic) bond motifs is 2. The van der Waals surface area contributed by atoms with Crippen molar-refractivity contribution in [3.8, 4) is 33.4 Å². The molecule has 0 amide bonds. The summed E-state index contributed by atoms with van der Waals surface area (Å²) in [5.41, 5.74) is 28.9. The number of nitrogens with zero attached hydrogens (tertiary/aromatic N) is 8. The molecular weight excluding hydrogens is 1480 g/mol. The summed E-state index contributed by atoms with van der Waals surface area (Å²) in [5, 5.41) is 18.9. The predicted octanol–water partition coefficient (Wildman–Crippen LogP) is 19.6. The number of rotatable bonds is 14. The van der Waals surface area contributed by atoms with Gasteiger partial charge in [-0.15, -0.1) is 41.5 Å². The van der Waals surface area contributed by atoms with E-state index in [1.165, 1.54) is 108 Å². The summed E-state index contributed by atoms with van der Waals surface area (Å²) in [7, 11) is 1.99. The van der Waals surface area contributed by atoms with E-state index in [9.17, 15) is 18.0 Å². The summed E-state index contributed by atoms with van der Waals surface area (Å²) in [6, 6.07) is 41.2. The first kappa shape index (κ1) is 86.0. The minimum Gasteiger partial charge on any atom is -0.706 e. The van der Waals surface area contributed by atoms with Crippen LogP contribution in [-0.2, 0) is 63.4 Å². The summed E-state index contributed by atoms with van der Waals surface area (Å²) in [6.45, 7) is 24.6. The van der Waals surface area contributed by atoms with Gasteiger partial charge in [0.05, 0.1) is 83.6 Å². The van der Waals surface area contributed by atoms with Gasteiger partial charge < -0.3 is 24.5 Å². The number of aryl methyl sites for hydroxylation is 3. The van der Waals surface area contributed by atoms with E-state index >= 15 is 0 Å². The number of nitrogens with one attached hydrogen (secondary N) is 1. The normalized spacial score (nSPS) is 16.1. The molecule has 18 nitrogen and oxygen atoms in total. The Morgan fingerprint density at radius 2 is 1.08 bits per heavy atom. The van der Waals surface area contributed by atoms with Crippen LogP contribution in [0.4, 0.5) is 5.69 Å². The largest absolute Gasteiger partial charge is 2.00 e. The minimum absolute atomic E-state index is 0. The fourth-order valence-electron chi connectivity index (χ4n) is 14.8. The molecule has 580 valence electrons. The van der Waals surface area contributed by atoms with Gasteiger partial charge in [0.1, 0.15) is 11.1 Å². The molecule has 4 saturated carbocycles. The van der Waals surface area contributed by atoms with Crippen molar-refractivity contribution in [1.29, 1.82) is 0 Å². The van der Waals surface area contributed by atoms with E-state index in [1.54, 1.807) is 61.6 Å². The number of aromatic nitrogens is 8. The van der Waals surface area contributed by atoms with Crippen LogP contribution in [0.3, 0.4) is 0 Å². The second-order valence-electron chi connectivity index (χ2n) is 31.0. The summed E-state index contributed by atoms with van der Waals surface area (Å²) in [6.07, 6.45) is 30.9. The summed E-state index contributed by atoms with van der Waals surface area (Å²) < 4.78 is 54.5. The van der Waals surface area contributed by atoms with E-state index in [2.05, 4.69) is 117 Å². The van der Waals surface area contributed by atoms with Gasteiger partial charge >= 0.3 is 39.5 Å². The van der Waals surface area contributed by atoms with Crippen LogP contribution in [0.25, 0.3) is 50.1 Å². The third-order valence-corrected chi connectivity index (χ3v) is 25.3. The average Bonchev–Trinajstić information content (AvgIpc) is 1.36. The van der Waals surface area contributed by atoms with Crippen LogP contribution < -0.4 is 10.8 Å². The van der Waals surface area contributed by atoms with Crippen molar-refractivity contribution in [3.05, 3.63) is 203 Å². The molecule has 7 heterocycles. The molecule has 10 aromatic rings. The molecule has 6 aromatic heterocycles. The Balaban J connectivity index is 0.000000173. The van der Waals surface area contributed by atoms with Crippen molar-refractivity contribution in [3.63, 3.8) is 0 Å². The first-order valence-corrected chi connectivity index (χ1v) is 41.3. The number of ether oxygens (including phenoxy) is 2. The standard InChI is InChI=1S/C33H49P.C16H16N4O2.C13H14N2O2.C12H9N.C10H17BN2O2.CH4O3S.CH4.Pd/c1-23(2)26-21-30(24(3)4)33(31(22-26)25(5)6)29-19-13-14-20-32(29)34(27-15-9-7-10-16-27)28-17-11-8-12-18-28;1-19-9-11(7-17-19)12-5-6-14-13(16(21)22-2)8-18-20(14)15(12)10-3-4-10;1-8-3-6-11-10(13(16)17-2)7-14-15(11)12(8)9-4-5-9;13-12-9-5-4-8-11(12)10-6-2-1-3-7-10;1-9(2)10(3,4)15-11(14-9)8-6-12-13(5)7-8;1-5(2,3)4;;/h13-14,19-25,27-28H,7-12,15-18H2,1-6H3;5-10H,3-4H2,1-2H3;3,6-7,9H,4-5H2,1-2H3;1-6,8-9,13H;6-7H,1-5H3;1H3,(H,2,3,4);1H4;/q;;;-2;;;;+2/p+1. The number of benzene rings is 4. The van der Waals surface area contributed by atoms with Gasteiger partial charge in [0.2, 0.25) is 0 Å². The van der Waals surface area contributed by atoms with Gasteiger partial charge in [0.15, 0.2) is 0 Å². The molecule has 5 aliphatic rings. The van der Waals surface area contributed by atoms with Gasteiger partial charge in [0, 0.05) is 80.3 Å². The molecule has 5 fully saturated rings. The monoisotopic (exact) mass is 1600 g/mol. The van der Waals surface area contributed by atoms with E-state index in [0.29, 0.717) is 52.7 Å². The molecule has 0 unspecified atom stereocenters. The zero-order chi connectivity index (χ0) is 76.4. The fraction of sp³-hybridized carbons (Fsp3) is 0.465. The Morgan fingerprint density at radius 1 is 0.611 bits per heavy atom. The Labute approximate surface area is 657 Å². The molecular formula is C86H114BN9O9PPdS+. The first-order chi connectivity index (χ1) is 50.5. The Bertz CT molecular complexity index is 4670. The van der Waals surface area contributed by atoms with Crippen LogP contribution in [0.5, 0.6) is 0 Å². The third-order valence-electron chi connectivity index (χ3n) is 21.3. The number of esters is 2. The van der Waals surface area contributed by atoms with Crippen molar-refractivity contribution in [2.75, 3.05) is 20.5 Å². The van der Waals surface area contributed by atoms with Crippen molar-refractivity contribution in [2.45, 2.75) is 226 Å². The number of hydrogen-bond acceptors (Lipinski definition) is 12. The number of carbonyl (C=O) groups excluding carboxylic acids is 2. The predicted molar refractivity (Wildman–Crippen MR) is 438 cm³/mol. The van der Waals surface area contributed by atoms with Gasteiger partial charge in [-0.05, 0) is 175 Å². The maximum absolute atomic E-state index is 11.9. The Kier molecular flexibility index (Phi) is 30.2. The molecule has 4 aromatic carbocycles. The van der Waals surface area contributed by atoms with Gasteiger partial charge in [0.25, 0.3) is 10.1 Å². The summed E-state index contributed by atoms with van der Waals surface area (Å²) in [4.78, 5) is 23.4. The van der Waals surface area contributed by atoms with E-state index < -0.39 is 18.0 Å². The zero-order valence-electron chi connectivity index (χ0n) is 65.4. The molecule has 22 heteroatoms. The van der Waals surface area contributed by atoms with Crippen LogP contribution in [0, 0.1) is 13.0 Å². The van der Waals surface area contributed by atoms with Crippen LogP contribution in [-0.4, -0.2) is 114 Å².